The molecule has 0 spiro atoms. The number of rotatable bonds is 3. The van der Waals surface area contributed by atoms with Gasteiger partial charge >= 0.3 is 0 Å². The lowest BCUT2D eigenvalue weighted by Crippen LogP contribution is -2.17. The summed E-state index contributed by atoms with van der Waals surface area (Å²) in [5.41, 5.74) is 0. The Kier molecular flexibility index (Phi) is 3.73. The average Bonchev–Trinajstić information content (AvgIpc) is 2.74. The molecule has 1 atom stereocenters. The van der Waals surface area contributed by atoms with Gasteiger partial charge in [-0.05, 0) is 36.8 Å². The van der Waals surface area contributed by atoms with E-state index in [9.17, 15) is 4.79 Å². The van der Waals surface area contributed by atoms with Crippen molar-refractivity contribution >= 4 is 23.2 Å². The fourth-order valence-corrected chi connectivity index (χ4v) is 2.69. The number of ketones is 1. The number of hydrogen-bond donors (Lipinski definition) is 0. The van der Waals surface area contributed by atoms with Crippen molar-refractivity contribution in [2.45, 2.75) is 32.1 Å². The zero-order valence-corrected chi connectivity index (χ0v) is 9.63. The van der Waals surface area contributed by atoms with Gasteiger partial charge in [0.25, 0.3) is 0 Å². The quantitative estimate of drug-likeness (QED) is 0.754. The fourth-order valence-electron chi connectivity index (χ4n) is 2.04. The Morgan fingerprint density at radius 1 is 1.47 bits per heavy atom. The topological polar surface area (TPSA) is 17.1 Å². The molecule has 0 amide bonds. The molecule has 1 aliphatic carbocycles. The molecule has 15 heavy (non-hydrogen) atoms. The number of hydrogen-bond acceptors (Lipinski definition) is 2. The summed E-state index contributed by atoms with van der Waals surface area (Å²) in [7, 11) is 0. The summed E-state index contributed by atoms with van der Waals surface area (Å²) >= 11 is 1.74. The van der Waals surface area contributed by atoms with Crippen LogP contribution in [0.15, 0.2) is 23.6 Å². The molecule has 1 nitrogen and oxygen atoms in total. The minimum Gasteiger partial charge on any atom is -0.299 e. The number of carbonyl (C=O) groups excluding carboxylic acids is 1. The second-order valence-electron chi connectivity index (χ2n) is 4.06. The van der Waals surface area contributed by atoms with Gasteiger partial charge < -0.3 is 0 Å². The zero-order valence-electron chi connectivity index (χ0n) is 8.82. The van der Waals surface area contributed by atoms with Crippen LogP contribution in [-0.2, 0) is 4.79 Å². The van der Waals surface area contributed by atoms with Crippen LogP contribution in [0.5, 0.6) is 0 Å². The highest BCUT2D eigenvalue weighted by molar-refractivity contribution is 7.10. The highest BCUT2D eigenvalue weighted by Gasteiger charge is 2.20. The SMILES string of the molecule is O=C1CCCC[C@H]1C/C=C/c1cccs1. The molecule has 0 bridgehead atoms. The molecule has 0 unspecified atom stereocenters. The molecule has 1 heterocycles. The van der Waals surface area contributed by atoms with Gasteiger partial charge in [0.2, 0.25) is 0 Å². The number of allylic oxidation sites excluding steroid dienone is 1. The van der Waals surface area contributed by atoms with Crippen molar-refractivity contribution in [1.82, 2.24) is 0 Å². The molecule has 1 aliphatic rings. The van der Waals surface area contributed by atoms with Gasteiger partial charge in [-0.3, -0.25) is 4.79 Å². The molecule has 1 saturated carbocycles. The van der Waals surface area contributed by atoms with E-state index in [4.69, 9.17) is 0 Å². The van der Waals surface area contributed by atoms with E-state index in [2.05, 4.69) is 29.7 Å². The lowest BCUT2D eigenvalue weighted by Gasteiger charge is -2.18. The largest absolute Gasteiger partial charge is 0.299 e. The van der Waals surface area contributed by atoms with Crippen molar-refractivity contribution in [2.24, 2.45) is 5.92 Å². The van der Waals surface area contributed by atoms with Crippen LogP contribution in [0.2, 0.25) is 0 Å². The van der Waals surface area contributed by atoms with Gasteiger partial charge in [-0.15, -0.1) is 11.3 Å². The summed E-state index contributed by atoms with van der Waals surface area (Å²) in [5.74, 6) is 0.770. The van der Waals surface area contributed by atoms with Gasteiger partial charge in [-0.2, -0.15) is 0 Å². The van der Waals surface area contributed by atoms with Gasteiger partial charge in [0.1, 0.15) is 5.78 Å². The highest BCUT2D eigenvalue weighted by Crippen LogP contribution is 2.24. The molecule has 0 radical (unpaired) electrons. The monoisotopic (exact) mass is 220 g/mol. The third-order valence-electron chi connectivity index (χ3n) is 2.93. The van der Waals surface area contributed by atoms with E-state index in [0.717, 1.165) is 25.7 Å². The molecular weight excluding hydrogens is 204 g/mol. The lowest BCUT2D eigenvalue weighted by molar-refractivity contribution is -0.124. The maximum Gasteiger partial charge on any atom is 0.136 e. The van der Waals surface area contributed by atoms with Crippen LogP contribution >= 0.6 is 11.3 Å². The van der Waals surface area contributed by atoms with Crippen molar-refractivity contribution in [3.63, 3.8) is 0 Å². The number of Topliss-reactive ketones (excluding diaryl/α,β-unsaturated/α-hetero) is 1. The van der Waals surface area contributed by atoms with E-state index in [1.54, 1.807) is 11.3 Å². The molecule has 0 saturated heterocycles. The normalized spacial score (nSPS) is 22.4. The lowest BCUT2D eigenvalue weighted by atomic mass is 9.86. The van der Waals surface area contributed by atoms with Gasteiger partial charge in [-0.1, -0.05) is 18.6 Å². The molecular formula is C13H16OS. The maximum absolute atomic E-state index is 11.6. The smallest absolute Gasteiger partial charge is 0.136 e. The summed E-state index contributed by atoms with van der Waals surface area (Å²) in [4.78, 5) is 12.8. The van der Waals surface area contributed by atoms with Crippen molar-refractivity contribution in [3.8, 4) is 0 Å². The first-order valence-electron chi connectivity index (χ1n) is 5.59. The Hall–Kier alpha value is -0.890. The second-order valence-corrected chi connectivity index (χ2v) is 5.04. The average molecular weight is 220 g/mol. The van der Waals surface area contributed by atoms with Gasteiger partial charge in [0.05, 0.1) is 0 Å². The van der Waals surface area contributed by atoms with E-state index >= 15 is 0 Å². The van der Waals surface area contributed by atoms with Crippen molar-refractivity contribution in [1.29, 1.82) is 0 Å². The standard InChI is InChI=1S/C13H16OS/c14-13-9-2-1-5-11(13)6-3-7-12-8-4-10-15-12/h3-4,7-8,10-11H,1-2,5-6,9H2/b7-3+/t11-/m0/s1. The molecule has 1 aromatic heterocycles. The van der Waals surface area contributed by atoms with Crippen LogP contribution in [0.4, 0.5) is 0 Å². The van der Waals surface area contributed by atoms with Crippen molar-refractivity contribution < 1.29 is 4.79 Å². The Bertz CT molecular complexity index is 337. The first-order chi connectivity index (χ1) is 7.36. The number of thiophene rings is 1. The Balaban J connectivity index is 1.84. The van der Waals surface area contributed by atoms with E-state index in [1.165, 1.54) is 11.3 Å². The van der Waals surface area contributed by atoms with E-state index < -0.39 is 0 Å². The van der Waals surface area contributed by atoms with Crippen LogP contribution in [0.25, 0.3) is 6.08 Å². The fraction of sp³-hybridized carbons (Fsp3) is 0.462. The Morgan fingerprint density at radius 3 is 3.13 bits per heavy atom. The minimum atomic E-state index is 0.301. The van der Waals surface area contributed by atoms with Gasteiger partial charge in [0, 0.05) is 17.2 Å². The van der Waals surface area contributed by atoms with Crippen LogP contribution in [-0.4, -0.2) is 5.78 Å². The molecule has 2 heteroatoms. The first-order valence-corrected chi connectivity index (χ1v) is 6.47. The van der Waals surface area contributed by atoms with E-state index in [1.807, 2.05) is 0 Å². The van der Waals surface area contributed by atoms with Crippen LogP contribution in [0.1, 0.15) is 37.0 Å². The Morgan fingerprint density at radius 2 is 2.40 bits per heavy atom. The van der Waals surface area contributed by atoms with Gasteiger partial charge in [0.15, 0.2) is 0 Å². The van der Waals surface area contributed by atoms with Crippen molar-refractivity contribution in [2.75, 3.05) is 0 Å². The van der Waals surface area contributed by atoms with E-state index in [0.29, 0.717) is 11.7 Å². The molecule has 0 N–H and O–H groups in total. The van der Waals surface area contributed by atoms with Crippen LogP contribution < -0.4 is 0 Å². The predicted molar refractivity (Wildman–Crippen MR) is 64.9 cm³/mol. The second kappa shape index (κ2) is 5.26. The first kappa shape index (κ1) is 10.6. The summed E-state index contributed by atoms with van der Waals surface area (Å²) in [6.07, 6.45) is 9.43. The summed E-state index contributed by atoms with van der Waals surface area (Å²) < 4.78 is 0. The molecule has 1 fully saturated rings. The predicted octanol–water partition coefficient (Wildman–Crippen LogP) is 3.91. The summed E-state index contributed by atoms with van der Waals surface area (Å²) in [5, 5.41) is 2.07. The summed E-state index contributed by atoms with van der Waals surface area (Å²) in [6.45, 7) is 0. The molecule has 2 rings (SSSR count). The van der Waals surface area contributed by atoms with Crippen LogP contribution in [0.3, 0.4) is 0 Å². The highest BCUT2D eigenvalue weighted by atomic mass is 32.1. The third kappa shape index (κ3) is 3.03. The van der Waals surface area contributed by atoms with Crippen LogP contribution in [0, 0.1) is 5.92 Å². The summed E-state index contributed by atoms with van der Waals surface area (Å²) in [6, 6.07) is 4.15. The Labute approximate surface area is 94.8 Å². The number of carbonyl (C=O) groups is 1. The minimum absolute atomic E-state index is 0.301. The molecule has 1 aromatic rings. The third-order valence-corrected chi connectivity index (χ3v) is 3.76. The molecule has 0 aliphatic heterocycles. The maximum atomic E-state index is 11.6. The van der Waals surface area contributed by atoms with Crippen molar-refractivity contribution in [3.05, 3.63) is 28.5 Å². The molecule has 80 valence electrons. The zero-order chi connectivity index (χ0) is 10.5. The van der Waals surface area contributed by atoms with Gasteiger partial charge in [-0.25, -0.2) is 0 Å². The van der Waals surface area contributed by atoms with E-state index in [-0.39, 0.29) is 0 Å². The molecule has 0 aromatic carbocycles.